The maximum atomic E-state index is 11.4. The predicted molar refractivity (Wildman–Crippen MR) is 70.7 cm³/mol. The van der Waals surface area contributed by atoms with Gasteiger partial charge < -0.3 is 5.32 Å². The molecular formula is C12H17N3O4. The van der Waals surface area contributed by atoms with Crippen LogP contribution in [0.5, 0.6) is 0 Å². The summed E-state index contributed by atoms with van der Waals surface area (Å²) in [6, 6.07) is 5.03. The van der Waals surface area contributed by atoms with E-state index < -0.39 is 11.0 Å². The number of nitro benzene ring substituents is 1. The van der Waals surface area contributed by atoms with Crippen molar-refractivity contribution in [3.8, 4) is 0 Å². The lowest BCUT2D eigenvalue weighted by molar-refractivity contribution is -0.384. The Labute approximate surface area is 111 Å². The molecule has 1 rings (SSSR count). The van der Waals surface area contributed by atoms with E-state index in [0.29, 0.717) is 12.3 Å². The van der Waals surface area contributed by atoms with Crippen molar-refractivity contribution in [1.82, 2.24) is 5.48 Å². The summed E-state index contributed by atoms with van der Waals surface area (Å²) in [6.45, 7) is 2.54. The van der Waals surface area contributed by atoms with Crippen LogP contribution in [0.15, 0.2) is 24.3 Å². The third-order valence-corrected chi connectivity index (χ3v) is 2.35. The van der Waals surface area contributed by atoms with Gasteiger partial charge in [0.15, 0.2) is 0 Å². The molecule has 2 N–H and O–H groups in total. The average Bonchev–Trinajstić information content (AvgIpc) is 2.39. The molecule has 104 valence electrons. The first-order valence-corrected chi connectivity index (χ1v) is 6.06. The molecule has 0 heterocycles. The fraction of sp³-hybridized carbons (Fsp3) is 0.417. The second-order valence-corrected chi connectivity index (χ2v) is 3.92. The summed E-state index contributed by atoms with van der Waals surface area (Å²) in [7, 11) is 0. The van der Waals surface area contributed by atoms with Crippen LogP contribution in [0.1, 0.15) is 26.2 Å². The van der Waals surface area contributed by atoms with E-state index in [0.717, 1.165) is 19.3 Å². The summed E-state index contributed by atoms with van der Waals surface area (Å²) in [6.07, 6.45) is 3.01. The largest absolute Gasteiger partial charge is 0.343 e. The van der Waals surface area contributed by atoms with E-state index in [2.05, 4.69) is 17.7 Å². The van der Waals surface area contributed by atoms with Crippen molar-refractivity contribution in [3.63, 3.8) is 0 Å². The number of anilines is 1. The molecule has 0 bridgehead atoms. The van der Waals surface area contributed by atoms with Crippen LogP contribution in [0.2, 0.25) is 0 Å². The van der Waals surface area contributed by atoms with Crippen molar-refractivity contribution < 1.29 is 14.6 Å². The van der Waals surface area contributed by atoms with Gasteiger partial charge in [-0.15, -0.1) is 0 Å². The highest BCUT2D eigenvalue weighted by Gasteiger charge is 2.05. The molecule has 1 aromatic carbocycles. The number of carbonyl (C=O) groups excluding carboxylic acids is 1. The van der Waals surface area contributed by atoms with Crippen molar-refractivity contribution in [2.75, 3.05) is 11.9 Å². The fourth-order valence-electron chi connectivity index (χ4n) is 1.36. The van der Waals surface area contributed by atoms with Crippen LogP contribution in [0, 0.1) is 10.1 Å². The van der Waals surface area contributed by atoms with E-state index in [1.807, 2.05) is 0 Å². The fourth-order valence-corrected chi connectivity index (χ4v) is 1.36. The summed E-state index contributed by atoms with van der Waals surface area (Å²) in [5.74, 6) is 0. The predicted octanol–water partition coefficient (Wildman–Crippen LogP) is 2.84. The molecule has 0 aliphatic rings. The number of non-ortho nitro benzene ring substituents is 1. The molecule has 0 unspecified atom stereocenters. The van der Waals surface area contributed by atoms with E-state index in [1.165, 1.54) is 24.3 Å². The number of hydrogen-bond donors (Lipinski definition) is 2. The minimum Gasteiger partial charge on any atom is -0.306 e. The van der Waals surface area contributed by atoms with E-state index >= 15 is 0 Å². The van der Waals surface area contributed by atoms with Gasteiger partial charge in [0.05, 0.1) is 11.5 Å². The number of benzene rings is 1. The quantitative estimate of drug-likeness (QED) is 0.451. The Hall–Kier alpha value is -2.15. The van der Waals surface area contributed by atoms with Crippen LogP contribution in [-0.4, -0.2) is 17.6 Å². The molecule has 2 amide bonds. The van der Waals surface area contributed by atoms with Crippen molar-refractivity contribution in [1.29, 1.82) is 0 Å². The van der Waals surface area contributed by atoms with Gasteiger partial charge in [-0.3, -0.25) is 15.0 Å². The van der Waals surface area contributed by atoms with Gasteiger partial charge >= 0.3 is 6.03 Å². The van der Waals surface area contributed by atoms with Crippen LogP contribution in [-0.2, 0) is 4.84 Å². The lowest BCUT2D eigenvalue weighted by Crippen LogP contribution is -2.29. The van der Waals surface area contributed by atoms with Gasteiger partial charge in [-0.25, -0.2) is 10.3 Å². The molecule has 19 heavy (non-hydrogen) atoms. The third-order valence-electron chi connectivity index (χ3n) is 2.35. The molecule has 0 radical (unpaired) electrons. The smallest absolute Gasteiger partial charge is 0.306 e. The number of nitro groups is 1. The zero-order valence-corrected chi connectivity index (χ0v) is 10.7. The highest BCUT2D eigenvalue weighted by molar-refractivity contribution is 5.88. The van der Waals surface area contributed by atoms with Gasteiger partial charge in [0.1, 0.15) is 0 Å². The summed E-state index contributed by atoms with van der Waals surface area (Å²) in [5, 5.41) is 12.9. The molecule has 0 fully saturated rings. The van der Waals surface area contributed by atoms with Crippen LogP contribution < -0.4 is 10.8 Å². The van der Waals surface area contributed by atoms with Crippen molar-refractivity contribution in [3.05, 3.63) is 34.4 Å². The van der Waals surface area contributed by atoms with E-state index in [-0.39, 0.29) is 5.69 Å². The SMILES string of the molecule is CCCCCONC(=O)Nc1ccc([N+](=O)[O-])cc1. The number of urea groups is 1. The van der Waals surface area contributed by atoms with Crippen LogP contribution in [0.3, 0.4) is 0 Å². The van der Waals surface area contributed by atoms with E-state index in [9.17, 15) is 14.9 Å². The van der Waals surface area contributed by atoms with Gasteiger partial charge in [0, 0.05) is 17.8 Å². The lowest BCUT2D eigenvalue weighted by atomic mass is 10.3. The molecule has 1 aromatic rings. The summed E-state index contributed by atoms with van der Waals surface area (Å²) >= 11 is 0. The molecule has 0 saturated carbocycles. The normalized spacial score (nSPS) is 9.95. The third kappa shape index (κ3) is 5.82. The van der Waals surface area contributed by atoms with Crippen molar-refractivity contribution >= 4 is 17.4 Å². The Bertz CT molecular complexity index is 419. The Morgan fingerprint density at radius 2 is 2.00 bits per heavy atom. The Balaban J connectivity index is 2.30. The first kappa shape index (κ1) is 14.9. The Morgan fingerprint density at radius 3 is 2.58 bits per heavy atom. The first-order chi connectivity index (χ1) is 9.13. The molecule has 0 atom stereocenters. The number of nitrogens with one attached hydrogen (secondary N) is 2. The van der Waals surface area contributed by atoms with Crippen LogP contribution >= 0.6 is 0 Å². The van der Waals surface area contributed by atoms with Gasteiger partial charge in [0.25, 0.3) is 5.69 Å². The second-order valence-electron chi connectivity index (χ2n) is 3.92. The maximum absolute atomic E-state index is 11.4. The minimum absolute atomic E-state index is 0.0261. The van der Waals surface area contributed by atoms with E-state index in [4.69, 9.17) is 4.84 Å². The van der Waals surface area contributed by atoms with Gasteiger partial charge in [0.2, 0.25) is 0 Å². The van der Waals surface area contributed by atoms with Gasteiger partial charge in [-0.05, 0) is 18.6 Å². The second kappa shape index (κ2) is 8.04. The molecule has 0 aliphatic heterocycles. The molecule has 7 heteroatoms. The highest BCUT2D eigenvalue weighted by Crippen LogP contribution is 2.15. The van der Waals surface area contributed by atoms with Crippen molar-refractivity contribution in [2.24, 2.45) is 0 Å². The zero-order chi connectivity index (χ0) is 14.1. The molecule has 0 aliphatic carbocycles. The first-order valence-electron chi connectivity index (χ1n) is 6.06. The van der Waals surface area contributed by atoms with Crippen molar-refractivity contribution in [2.45, 2.75) is 26.2 Å². The monoisotopic (exact) mass is 267 g/mol. The van der Waals surface area contributed by atoms with Gasteiger partial charge in [-0.2, -0.15) is 0 Å². The number of carbonyl (C=O) groups is 1. The van der Waals surface area contributed by atoms with Crippen LogP contribution in [0.4, 0.5) is 16.2 Å². The topological polar surface area (TPSA) is 93.5 Å². The Kier molecular flexibility index (Phi) is 6.31. The molecule has 0 saturated heterocycles. The van der Waals surface area contributed by atoms with E-state index in [1.54, 1.807) is 0 Å². The average molecular weight is 267 g/mol. The number of unbranched alkanes of at least 4 members (excludes halogenated alkanes) is 2. The zero-order valence-electron chi connectivity index (χ0n) is 10.7. The van der Waals surface area contributed by atoms with Gasteiger partial charge in [-0.1, -0.05) is 19.8 Å². The number of hydroxylamine groups is 1. The highest BCUT2D eigenvalue weighted by atomic mass is 16.7. The molecule has 0 aromatic heterocycles. The summed E-state index contributed by atoms with van der Waals surface area (Å²) < 4.78 is 0. The number of hydrogen-bond acceptors (Lipinski definition) is 4. The summed E-state index contributed by atoms with van der Waals surface area (Å²) in [5.41, 5.74) is 2.68. The number of amides is 2. The summed E-state index contributed by atoms with van der Waals surface area (Å²) in [4.78, 5) is 26.3. The number of rotatable bonds is 7. The standard InChI is InChI=1S/C12H17N3O4/c1-2-3-4-9-19-14-12(16)13-10-5-7-11(8-6-10)15(17)18/h5-8H,2-4,9H2,1H3,(H2,13,14,16). The minimum atomic E-state index is -0.509. The number of nitrogens with zero attached hydrogens (tertiary/aromatic N) is 1. The molecule has 0 spiro atoms. The lowest BCUT2D eigenvalue weighted by Gasteiger charge is -2.07. The van der Waals surface area contributed by atoms with Crippen LogP contribution in [0.25, 0.3) is 0 Å². The Morgan fingerprint density at radius 1 is 1.32 bits per heavy atom. The maximum Gasteiger partial charge on any atom is 0.343 e. The molecule has 7 nitrogen and oxygen atoms in total. The molecular weight excluding hydrogens is 250 g/mol.